The fourth-order valence-electron chi connectivity index (χ4n) is 2.54. The number of hydrogen-bond donors (Lipinski definition) is 1. The molecular weight excluding hydrogens is 226 g/mol. The maximum atomic E-state index is 12.4. The van der Waals surface area contributed by atoms with Gasteiger partial charge in [-0.15, -0.1) is 0 Å². The highest BCUT2D eigenvalue weighted by atomic mass is 16.3. The molecule has 0 aromatic heterocycles. The number of carbonyl (C=O) groups excluding carboxylic acids is 1. The SMILES string of the molecule is Cc1cccc(C(C)C(=O)N2CCC(CO)C2)c1. The quantitative estimate of drug-likeness (QED) is 0.886. The summed E-state index contributed by atoms with van der Waals surface area (Å²) in [6.45, 7) is 5.66. The van der Waals surface area contributed by atoms with E-state index in [-0.39, 0.29) is 24.3 Å². The molecule has 1 saturated heterocycles. The van der Waals surface area contributed by atoms with E-state index < -0.39 is 0 Å². The van der Waals surface area contributed by atoms with Crippen LogP contribution in [0.3, 0.4) is 0 Å². The molecule has 1 aliphatic rings. The number of hydrogen-bond acceptors (Lipinski definition) is 2. The molecule has 1 N–H and O–H groups in total. The molecule has 98 valence electrons. The topological polar surface area (TPSA) is 40.5 Å². The molecule has 1 aromatic rings. The van der Waals surface area contributed by atoms with Gasteiger partial charge in [0.1, 0.15) is 0 Å². The molecule has 2 unspecified atom stereocenters. The molecule has 1 aliphatic heterocycles. The maximum Gasteiger partial charge on any atom is 0.229 e. The van der Waals surface area contributed by atoms with Crippen molar-refractivity contribution < 1.29 is 9.90 Å². The Morgan fingerprint density at radius 2 is 2.33 bits per heavy atom. The average molecular weight is 247 g/mol. The first kappa shape index (κ1) is 13.1. The minimum absolute atomic E-state index is 0.0951. The van der Waals surface area contributed by atoms with Crippen molar-refractivity contribution >= 4 is 5.91 Å². The Kier molecular flexibility index (Phi) is 4.02. The summed E-state index contributed by atoms with van der Waals surface area (Å²) in [7, 11) is 0. The van der Waals surface area contributed by atoms with Crippen molar-refractivity contribution in [2.75, 3.05) is 19.7 Å². The van der Waals surface area contributed by atoms with Crippen LogP contribution in [0, 0.1) is 12.8 Å². The van der Waals surface area contributed by atoms with Crippen LogP contribution in [0.2, 0.25) is 0 Å². The van der Waals surface area contributed by atoms with E-state index in [1.165, 1.54) is 5.56 Å². The van der Waals surface area contributed by atoms with Crippen LogP contribution >= 0.6 is 0 Å². The van der Waals surface area contributed by atoms with Crippen molar-refractivity contribution in [1.82, 2.24) is 4.90 Å². The Bertz CT molecular complexity index is 430. The zero-order valence-corrected chi connectivity index (χ0v) is 11.1. The Morgan fingerprint density at radius 1 is 1.56 bits per heavy atom. The normalized spacial score (nSPS) is 21.1. The first-order chi connectivity index (χ1) is 8.61. The monoisotopic (exact) mass is 247 g/mol. The van der Waals surface area contributed by atoms with E-state index in [2.05, 4.69) is 6.07 Å². The molecule has 2 rings (SSSR count). The molecule has 1 heterocycles. The lowest BCUT2D eigenvalue weighted by Gasteiger charge is -2.21. The third-order valence-corrected chi connectivity index (χ3v) is 3.77. The van der Waals surface area contributed by atoms with E-state index in [0.29, 0.717) is 6.54 Å². The number of aliphatic hydroxyl groups excluding tert-OH is 1. The number of aryl methyl sites for hydroxylation is 1. The molecule has 3 nitrogen and oxygen atoms in total. The Balaban J connectivity index is 2.05. The van der Waals surface area contributed by atoms with Gasteiger partial charge in [-0.3, -0.25) is 4.79 Å². The van der Waals surface area contributed by atoms with Gasteiger partial charge in [-0.05, 0) is 25.8 Å². The van der Waals surface area contributed by atoms with Gasteiger partial charge in [0, 0.05) is 25.6 Å². The van der Waals surface area contributed by atoms with Crippen LogP contribution in [0.5, 0.6) is 0 Å². The van der Waals surface area contributed by atoms with Crippen molar-refractivity contribution in [3.8, 4) is 0 Å². The van der Waals surface area contributed by atoms with E-state index in [9.17, 15) is 4.79 Å². The van der Waals surface area contributed by atoms with E-state index in [0.717, 1.165) is 18.5 Å². The Morgan fingerprint density at radius 3 is 2.94 bits per heavy atom. The van der Waals surface area contributed by atoms with Gasteiger partial charge in [0.25, 0.3) is 0 Å². The number of aliphatic hydroxyl groups is 1. The summed E-state index contributed by atoms with van der Waals surface area (Å²) in [5, 5.41) is 9.12. The highest BCUT2D eigenvalue weighted by Gasteiger charge is 2.29. The minimum Gasteiger partial charge on any atom is -0.396 e. The maximum absolute atomic E-state index is 12.4. The van der Waals surface area contributed by atoms with Crippen molar-refractivity contribution in [3.05, 3.63) is 35.4 Å². The summed E-state index contributed by atoms with van der Waals surface area (Å²) in [6, 6.07) is 8.12. The van der Waals surface area contributed by atoms with Gasteiger partial charge in [0.15, 0.2) is 0 Å². The number of likely N-dealkylation sites (tertiary alicyclic amines) is 1. The summed E-state index contributed by atoms with van der Waals surface area (Å²) < 4.78 is 0. The van der Waals surface area contributed by atoms with Crippen molar-refractivity contribution in [2.24, 2.45) is 5.92 Å². The third kappa shape index (κ3) is 2.72. The molecule has 0 aliphatic carbocycles. The number of carbonyl (C=O) groups is 1. The van der Waals surface area contributed by atoms with Gasteiger partial charge in [0.2, 0.25) is 5.91 Å². The summed E-state index contributed by atoms with van der Waals surface area (Å²) in [5.41, 5.74) is 2.26. The smallest absolute Gasteiger partial charge is 0.229 e. The summed E-state index contributed by atoms with van der Waals surface area (Å²) in [5.74, 6) is 0.345. The zero-order valence-electron chi connectivity index (χ0n) is 11.1. The average Bonchev–Trinajstić information content (AvgIpc) is 2.85. The first-order valence-corrected chi connectivity index (χ1v) is 6.58. The molecule has 1 amide bonds. The van der Waals surface area contributed by atoms with Crippen molar-refractivity contribution in [1.29, 1.82) is 0 Å². The molecule has 2 atom stereocenters. The molecule has 0 bridgehead atoms. The summed E-state index contributed by atoms with van der Waals surface area (Å²) in [4.78, 5) is 14.2. The van der Waals surface area contributed by atoms with Crippen LogP contribution in [-0.4, -0.2) is 35.6 Å². The molecule has 0 radical (unpaired) electrons. The fraction of sp³-hybridized carbons (Fsp3) is 0.533. The standard InChI is InChI=1S/C15H21NO2/c1-11-4-3-5-14(8-11)12(2)15(18)16-7-6-13(9-16)10-17/h3-5,8,12-13,17H,6-7,9-10H2,1-2H3. The molecule has 18 heavy (non-hydrogen) atoms. The van der Waals surface area contributed by atoms with Crippen LogP contribution < -0.4 is 0 Å². The van der Waals surface area contributed by atoms with E-state index in [4.69, 9.17) is 5.11 Å². The van der Waals surface area contributed by atoms with E-state index in [1.54, 1.807) is 0 Å². The molecule has 3 heteroatoms. The lowest BCUT2D eigenvalue weighted by molar-refractivity contribution is -0.131. The third-order valence-electron chi connectivity index (χ3n) is 3.77. The Hall–Kier alpha value is -1.35. The highest BCUT2D eigenvalue weighted by molar-refractivity contribution is 5.83. The molecule has 1 aromatic carbocycles. The largest absolute Gasteiger partial charge is 0.396 e. The Labute approximate surface area is 108 Å². The van der Waals surface area contributed by atoms with Crippen LogP contribution in [0.4, 0.5) is 0 Å². The van der Waals surface area contributed by atoms with E-state index >= 15 is 0 Å². The second kappa shape index (κ2) is 5.53. The van der Waals surface area contributed by atoms with E-state index in [1.807, 2.05) is 36.9 Å². The van der Waals surface area contributed by atoms with Crippen LogP contribution in [0.1, 0.15) is 30.4 Å². The summed E-state index contributed by atoms with van der Waals surface area (Å²) >= 11 is 0. The predicted octanol–water partition coefficient (Wildman–Crippen LogP) is 1.94. The van der Waals surface area contributed by atoms with Crippen molar-refractivity contribution in [2.45, 2.75) is 26.2 Å². The second-order valence-electron chi connectivity index (χ2n) is 5.26. The number of amides is 1. The van der Waals surface area contributed by atoms with Gasteiger partial charge >= 0.3 is 0 Å². The molecule has 0 spiro atoms. The number of rotatable bonds is 3. The number of nitrogens with zero attached hydrogens (tertiary/aromatic N) is 1. The lowest BCUT2D eigenvalue weighted by Crippen LogP contribution is -2.32. The minimum atomic E-state index is -0.0951. The highest BCUT2D eigenvalue weighted by Crippen LogP contribution is 2.23. The van der Waals surface area contributed by atoms with Gasteiger partial charge in [-0.25, -0.2) is 0 Å². The van der Waals surface area contributed by atoms with Crippen LogP contribution in [0.15, 0.2) is 24.3 Å². The van der Waals surface area contributed by atoms with Gasteiger partial charge in [0.05, 0.1) is 5.92 Å². The van der Waals surface area contributed by atoms with Crippen LogP contribution in [-0.2, 0) is 4.79 Å². The predicted molar refractivity (Wildman–Crippen MR) is 71.4 cm³/mol. The van der Waals surface area contributed by atoms with Gasteiger partial charge in [-0.1, -0.05) is 29.8 Å². The number of benzene rings is 1. The second-order valence-corrected chi connectivity index (χ2v) is 5.26. The lowest BCUT2D eigenvalue weighted by atomic mass is 9.98. The van der Waals surface area contributed by atoms with Crippen LogP contribution in [0.25, 0.3) is 0 Å². The molecule has 1 fully saturated rings. The fourth-order valence-corrected chi connectivity index (χ4v) is 2.54. The van der Waals surface area contributed by atoms with Crippen molar-refractivity contribution in [3.63, 3.8) is 0 Å². The zero-order chi connectivity index (χ0) is 13.1. The van der Waals surface area contributed by atoms with Gasteiger partial charge < -0.3 is 10.0 Å². The molecule has 0 saturated carbocycles. The van der Waals surface area contributed by atoms with Gasteiger partial charge in [-0.2, -0.15) is 0 Å². The summed E-state index contributed by atoms with van der Waals surface area (Å²) in [6.07, 6.45) is 0.919. The molecular formula is C15H21NO2. The first-order valence-electron chi connectivity index (χ1n) is 6.58.